The molecule has 0 spiro atoms. The van der Waals surface area contributed by atoms with E-state index in [9.17, 15) is 4.79 Å². The third-order valence-corrected chi connectivity index (χ3v) is 6.51. The molecule has 0 saturated heterocycles. The number of aromatic nitrogens is 4. The number of rotatable bonds is 3. The number of carbonyl (C=O) groups excluding carboxylic acids is 1. The molecule has 6 rings (SSSR count). The fraction of sp³-hybridized carbons (Fsp3) is 0.250. The minimum absolute atomic E-state index is 0.438. The zero-order chi connectivity index (χ0) is 20.4. The van der Waals surface area contributed by atoms with Crippen LogP contribution < -0.4 is 5.73 Å². The maximum Gasteiger partial charge on any atom is 0.248 e. The van der Waals surface area contributed by atoms with Gasteiger partial charge in [0.1, 0.15) is 5.69 Å². The Bertz CT molecular complexity index is 1340. The maximum absolute atomic E-state index is 11.8. The monoisotopic (exact) mass is 395 g/mol. The number of benzene rings is 1. The smallest absolute Gasteiger partial charge is 0.248 e. The van der Waals surface area contributed by atoms with Crippen molar-refractivity contribution in [3.05, 3.63) is 65.6 Å². The highest BCUT2D eigenvalue weighted by Gasteiger charge is 2.42. The number of hydrogen-bond acceptors (Lipinski definition) is 4. The van der Waals surface area contributed by atoms with Crippen molar-refractivity contribution in [1.82, 2.24) is 19.7 Å². The van der Waals surface area contributed by atoms with Crippen LogP contribution in [0.5, 0.6) is 0 Å². The van der Waals surface area contributed by atoms with Crippen molar-refractivity contribution in [2.45, 2.75) is 38.1 Å². The molecule has 148 valence electrons. The number of pyridine rings is 2. The van der Waals surface area contributed by atoms with Crippen LogP contribution in [-0.2, 0) is 0 Å². The average Bonchev–Trinajstić information content (AvgIpc) is 3.45. The van der Waals surface area contributed by atoms with Crippen LogP contribution >= 0.6 is 0 Å². The first-order chi connectivity index (χ1) is 14.6. The van der Waals surface area contributed by atoms with Crippen LogP contribution in [0.1, 0.15) is 53.0 Å². The molecule has 3 aromatic heterocycles. The number of fused-ring (bicyclic) bond motifs is 6. The Kier molecular flexibility index (Phi) is 3.60. The van der Waals surface area contributed by atoms with Crippen molar-refractivity contribution >= 4 is 16.8 Å². The summed E-state index contributed by atoms with van der Waals surface area (Å²) < 4.78 is 2.23. The van der Waals surface area contributed by atoms with Crippen LogP contribution in [0.15, 0.2) is 48.7 Å². The molecule has 30 heavy (non-hydrogen) atoms. The molecule has 6 nitrogen and oxygen atoms in total. The second-order valence-electron chi connectivity index (χ2n) is 8.34. The molecule has 2 bridgehead atoms. The number of hydrogen-bond donors (Lipinski definition) is 1. The van der Waals surface area contributed by atoms with Crippen molar-refractivity contribution < 1.29 is 4.79 Å². The highest BCUT2D eigenvalue weighted by atomic mass is 16.1. The highest BCUT2D eigenvalue weighted by molar-refractivity contribution is 6.03. The molecule has 1 aromatic carbocycles. The topological polar surface area (TPSA) is 86.7 Å². The third-order valence-electron chi connectivity index (χ3n) is 6.51. The Balaban J connectivity index is 1.68. The van der Waals surface area contributed by atoms with Crippen molar-refractivity contribution in [2.24, 2.45) is 5.73 Å². The van der Waals surface area contributed by atoms with Crippen molar-refractivity contribution in [2.75, 3.05) is 0 Å². The van der Waals surface area contributed by atoms with E-state index < -0.39 is 5.91 Å². The minimum Gasteiger partial charge on any atom is -0.366 e. The van der Waals surface area contributed by atoms with Gasteiger partial charge in [-0.15, -0.1) is 0 Å². The van der Waals surface area contributed by atoms with E-state index in [1.807, 2.05) is 49.5 Å². The SMILES string of the molecule is Cc1cccc(-c2nn3c(c2-c2ccnc4ccc(C(N)=O)cc24)[C@@H]2CC[C@H]3C2)n1. The lowest BCUT2D eigenvalue weighted by Crippen LogP contribution is -2.10. The first kappa shape index (κ1) is 17.3. The predicted octanol–water partition coefficient (Wildman–Crippen LogP) is 4.39. The normalized spacial score (nSPS) is 19.4. The summed E-state index contributed by atoms with van der Waals surface area (Å²) >= 11 is 0. The quantitative estimate of drug-likeness (QED) is 0.557. The van der Waals surface area contributed by atoms with Gasteiger partial charge in [-0.3, -0.25) is 19.4 Å². The summed E-state index contributed by atoms with van der Waals surface area (Å²) in [5, 5.41) is 5.99. The molecular weight excluding hydrogens is 374 g/mol. The molecule has 0 unspecified atom stereocenters. The zero-order valence-electron chi connectivity index (χ0n) is 16.7. The van der Waals surface area contributed by atoms with Gasteiger partial charge in [-0.1, -0.05) is 6.07 Å². The standard InChI is InChI=1S/C24H21N5O/c1-13-3-2-4-20(27-13)22-21(23-14-5-7-16(11-14)29(23)28-22)17-9-10-26-19-8-6-15(24(25)30)12-18(17)19/h2-4,6,8-10,12,14,16H,5,7,11H2,1H3,(H2,25,30)/t14-,16+/m1/s1. The van der Waals surface area contributed by atoms with E-state index in [0.29, 0.717) is 17.5 Å². The average molecular weight is 395 g/mol. The Labute approximate surface area is 173 Å². The van der Waals surface area contributed by atoms with E-state index in [4.69, 9.17) is 15.8 Å². The first-order valence-corrected chi connectivity index (χ1v) is 10.4. The molecule has 1 saturated carbocycles. The van der Waals surface area contributed by atoms with E-state index in [0.717, 1.165) is 45.5 Å². The number of aryl methyl sites for hydroxylation is 1. The summed E-state index contributed by atoms with van der Waals surface area (Å²) in [6.45, 7) is 2.00. The molecule has 2 atom stereocenters. The number of carbonyl (C=O) groups is 1. The van der Waals surface area contributed by atoms with Gasteiger partial charge >= 0.3 is 0 Å². The molecule has 4 aromatic rings. The number of primary amides is 1. The molecule has 6 heteroatoms. The van der Waals surface area contributed by atoms with Gasteiger partial charge in [0, 0.05) is 34.3 Å². The Morgan fingerprint density at radius 1 is 1.17 bits per heavy atom. The second kappa shape index (κ2) is 6.23. The van der Waals surface area contributed by atoms with Crippen LogP contribution in [0, 0.1) is 6.92 Å². The Morgan fingerprint density at radius 2 is 2.07 bits per heavy atom. The summed E-state index contributed by atoms with van der Waals surface area (Å²) in [6, 6.07) is 14.0. The Hall–Kier alpha value is -3.54. The maximum atomic E-state index is 11.8. The fourth-order valence-corrected chi connectivity index (χ4v) is 5.18. The summed E-state index contributed by atoms with van der Waals surface area (Å²) in [6.07, 6.45) is 5.36. The molecule has 1 fully saturated rings. The zero-order valence-corrected chi connectivity index (χ0v) is 16.7. The molecule has 2 aliphatic rings. The lowest BCUT2D eigenvalue weighted by Gasteiger charge is -2.15. The van der Waals surface area contributed by atoms with Crippen LogP contribution in [0.3, 0.4) is 0 Å². The summed E-state index contributed by atoms with van der Waals surface area (Å²) in [5.74, 6) is 0.0742. The van der Waals surface area contributed by atoms with Crippen LogP contribution in [0.4, 0.5) is 0 Å². The third kappa shape index (κ3) is 2.43. The molecule has 4 heterocycles. The van der Waals surface area contributed by atoms with Gasteiger partial charge in [-0.2, -0.15) is 5.10 Å². The lowest BCUT2D eigenvalue weighted by atomic mass is 9.91. The van der Waals surface area contributed by atoms with Gasteiger partial charge in [0.25, 0.3) is 0 Å². The van der Waals surface area contributed by atoms with Crippen molar-refractivity contribution in [3.63, 3.8) is 0 Å². The van der Waals surface area contributed by atoms with Crippen molar-refractivity contribution in [1.29, 1.82) is 0 Å². The minimum atomic E-state index is -0.438. The van der Waals surface area contributed by atoms with Gasteiger partial charge in [0.2, 0.25) is 5.91 Å². The molecule has 1 amide bonds. The van der Waals surface area contributed by atoms with Crippen molar-refractivity contribution in [3.8, 4) is 22.5 Å². The van der Waals surface area contributed by atoms with Gasteiger partial charge in [-0.05, 0) is 68.1 Å². The molecule has 0 radical (unpaired) electrons. The lowest BCUT2D eigenvalue weighted by molar-refractivity contribution is 0.100. The number of nitrogens with zero attached hydrogens (tertiary/aromatic N) is 4. The van der Waals surface area contributed by atoms with Crippen LogP contribution in [-0.4, -0.2) is 25.7 Å². The van der Waals surface area contributed by atoms with Crippen LogP contribution in [0.25, 0.3) is 33.4 Å². The number of amides is 1. The molecule has 1 aliphatic heterocycles. The molecule has 1 aliphatic carbocycles. The second-order valence-corrected chi connectivity index (χ2v) is 8.34. The highest BCUT2D eigenvalue weighted by Crippen LogP contribution is 2.54. The fourth-order valence-electron chi connectivity index (χ4n) is 5.18. The molecular formula is C24H21N5O. The van der Waals surface area contributed by atoms with E-state index in [1.165, 1.54) is 18.5 Å². The van der Waals surface area contributed by atoms with Crippen LogP contribution in [0.2, 0.25) is 0 Å². The van der Waals surface area contributed by atoms with E-state index in [2.05, 4.69) is 9.67 Å². The summed E-state index contributed by atoms with van der Waals surface area (Å²) in [4.78, 5) is 21.1. The van der Waals surface area contributed by atoms with E-state index in [-0.39, 0.29) is 0 Å². The Morgan fingerprint density at radius 3 is 2.90 bits per heavy atom. The largest absolute Gasteiger partial charge is 0.366 e. The number of nitrogens with two attached hydrogens (primary N) is 1. The summed E-state index contributed by atoms with van der Waals surface area (Å²) in [7, 11) is 0. The van der Waals surface area contributed by atoms with Gasteiger partial charge in [-0.25, -0.2) is 0 Å². The predicted molar refractivity (Wildman–Crippen MR) is 115 cm³/mol. The summed E-state index contributed by atoms with van der Waals surface area (Å²) in [5.41, 5.74) is 13.1. The first-order valence-electron chi connectivity index (χ1n) is 10.4. The van der Waals surface area contributed by atoms with E-state index in [1.54, 1.807) is 6.07 Å². The van der Waals surface area contributed by atoms with E-state index >= 15 is 0 Å². The van der Waals surface area contributed by atoms with Gasteiger partial charge in [0.05, 0.1) is 22.9 Å². The molecule has 2 N–H and O–H groups in total. The van der Waals surface area contributed by atoms with Gasteiger partial charge < -0.3 is 5.73 Å². The van der Waals surface area contributed by atoms with Gasteiger partial charge in [0.15, 0.2) is 0 Å².